The molecule has 0 aliphatic heterocycles. The van der Waals surface area contributed by atoms with Crippen molar-refractivity contribution in [1.29, 1.82) is 0 Å². The number of phenols is 1. The molecule has 0 aromatic heterocycles. The third-order valence-electron chi connectivity index (χ3n) is 3.14. The molecule has 0 saturated heterocycles. The maximum atomic E-state index is 12.2. The Balaban J connectivity index is 2.30. The summed E-state index contributed by atoms with van der Waals surface area (Å²) in [7, 11) is 0. The van der Waals surface area contributed by atoms with Gasteiger partial charge in [0.25, 0.3) is 5.91 Å². The van der Waals surface area contributed by atoms with Crippen molar-refractivity contribution in [3.63, 3.8) is 0 Å². The minimum atomic E-state index is -0.243. The van der Waals surface area contributed by atoms with E-state index < -0.39 is 0 Å². The summed E-state index contributed by atoms with van der Waals surface area (Å²) in [5.74, 6) is -0.120. The van der Waals surface area contributed by atoms with Gasteiger partial charge in [0.1, 0.15) is 5.75 Å². The van der Waals surface area contributed by atoms with Gasteiger partial charge in [0.15, 0.2) is 0 Å². The lowest BCUT2D eigenvalue weighted by atomic mass is 10.1. The van der Waals surface area contributed by atoms with Crippen molar-refractivity contribution in [3.05, 3.63) is 57.1 Å². The maximum Gasteiger partial charge on any atom is 0.255 e. The van der Waals surface area contributed by atoms with Gasteiger partial charge in [0, 0.05) is 10.0 Å². The van der Waals surface area contributed by atoms with Crippen LogP contribution >= 0.6 is 15.9 Å². The molecular formula is C16H16BrNO2. The molecule has 0 aliphatic rings. The normalized spacial score (nSPS) is 10.4. The molecule has 4 heteroatoms. The monoisotopic (exact) mass is 333 g/mol. The molecule has 2 aromatic carbocycles. The van der Waals surface area contributed by atoms with Crippen molar-refractivity contribution in [1.82, 2.24) is 0 Å². The summed E-state index contributed by atoms with van der Waals surface area (Å²) in [5.41, 5.74) is 4.04. The van der Waals surface area contributed by atoms with E-state index in [4.69, 9.17) is 0 Å². The lowest BCUT2D eigenvalue weighted by molar-refractivity contribution is 0.102. The van der Waals surface area contributed by atoms with Crippen LogP contribution in [0.4, 0.5) is 5.69 Å². The van der Waals surface area contributed by atoms with Crippen LogP contribution in [0.3, 0.4) is 0 Å². The number of rotatable bonds is 2. The Labute approximate surface area is 126 Å². The lowest BCUT2D eigenvalue weighted by Crippen LogP contribution is -2.13. The van der Waals surface area contributed by atoms with Gasteiger partial charge in [0.2, 0.25) is 0 Å². The van der Waals surface area contributed by atoms with Gasteiger partial charge in [-0.15, -0.1) is 0 Å². The number of benzene rings is 2. The molecular weight excluding hydrogens is 318 g/mol. The van der Waals surface area contributed by atoms with E-state index in [1.54, 1.807) is 19.1 Å². The Morgan fingerprint density at radius 3 is 2.40 bits per heavy atom. The number of carbonyl (C=O) groups is 1. The second-order valence-corrected chi connectivity index (χ2v) is 5.75. The standard InChI is InChI=1S/C16H16BrNO2/c1-9-6-11(3)15(13(17)7-9)18-16(20)12-5-4-10(2)14(19)8-12/h4-8,19H,1-3H3,(H,18,20). The molecule has 0 aliphatic carbocycles. The Bertz CT molecular complexity index is 657. The average Bonchev–Trinajstić information content (AvgIpc) is 2.36. The fourth-order valence-electron chi connectivity index (χ4n) is 2.01. The van der Waals surface area contributed by atoms with E-state index in [9.17, 15) is 9.90 Å². The summed E-state index contributed by atoms with van der Waals surface area (Å²) in [6.07, 6.45) is 0. The van der Waals surface area contributed by atoms with Gasteiger partial charge >= 0.3 is 0 Å². The molecule has 20 heavy (non-hydrogen) atoms. The smallest absolute Gasteiger partial charge is 0.255 e. The zero-order valence-electron chi connectivity index (χ0n) is 11.6. The number of amides is 1. The van der Waals surface area contributed by atoms with E-state index in [-0.39, 0.29) is 11.7 Å². The minimum absolute atomic E-state index is 0.123. The van der Waals surface area contributed by atoms with Crippen LogP contribution in [0.2, 0.25) is 0 Å². The van der Waals surface area contributed by atoms with Crippen LogP contribution in [-0.4, -0.2) is 11.0 Å². The van der Waals surface area contributed by atoms with E-state index in [1.807, 2.05) is 26.0 Å². The summed E-state index contributed by atoms with van der Waals surface area (Å²) in [5, 5.41) is 12.5. The topological polar surface area (TPSA) is 49.3 Å². The highest BCUT2D eigenvalue weighted by atomic mass is 79.9. The predicted molar refractivity (Wildman–Crippen MR) is 84.4 cm³/mol. The molecule has 0 radical (unpaired) electrons. The third-order valence-corrected chi connectivity index (χ3v) is 3.77. The highest BCUT2D eigenvalue weighted by Gasteiger charge is 2.12. The van der Waals surface area contributed by atoms with Crippen LogP contribution in [0.5, 0.6) is 5.75 Å². The Hall–Kier alpha value is -1.81. The fraction of sp³-hybridized carbons (Fsp3) is 0.188. The number of nitrogens with one attached hydrogen (secondary N) is 1. The van der Waals surface area contributed by atoms with Crippen molar-refractivity contribution in [2.24, 2.45) is 0 Å². The Morgan fingerprint density at radius 1 is 1.10 bits per heavy atom. The molecule has 0 unspecified atom stereocenters. The van der Waals surface area contributed by atoms with Gasteiger partial charge in [-0.25, -0.2) is 0 Å². The number of aryl methyl sites for hydroxylation is 3. The molecule has 0 heterocycles. The van der Waals surface area contributed by atoms with Gasteiger partial charge in [0.05, 0.1) is 5.69 Å². The lowest BCUT2D eigenvalue weighted by Gasteiger charge is -2.12. The van der Waals surface area contributed by atoms with Gasteiger partial charge in [-0.3, -0.25) is 4.79 Å². The minimum Gasteiger partial charge on any atom is -0.508 e. The van der Waals surface area contributed by atoms with Crippen molar-refractivity contribution in [2.45, 2.75) is 20.8 Å². The molecule has 0 spiro atoms. The first-order chi connectivity index (χ1) is 9.38. The number of anilines is 1. The van der Waals surface area contributed by atoms with Crippen LogP contribution < -0.4 is 5.32 Å². The molecule has 2 rings (SSSR count). The average molecular weight is 334 g/mol. The van der Waals surface area contributed by atoms with Crippen LogP contribution in [0.15, 0.2) is 34.8 Å². The van der Waals surface area contributed by atoms with Crippen LogP contribution in [0.25, 0.3) is 0 Å². The van der Waals surface area contributed by atoms with Crippen LogP contribution in [0, 0.1) is 20.8 Å². The third kappa shape index (κ3) is 3.02. The Morgan fingerprint density at radius 2 is 1.80 bits per heavy atom. The van der Waals surface area contributed by atoms with Crippen molar-refractivity contribution < 1.29 is 9.90 Å². The molecule has 104 valence electrons. The zero-order valence-corrected chi connectivity index (χ0v) is 13.2. The van der Waals surface area contributed by atoms with Crippen molar-refractivity contribution in [3.8, 4) is 5.75 Å². The van der Waals surface area contributed by atoms with E-state index >= 15 is 0 Å². The largest absolute Gasteiger partial charge is 0.508 e. The van der Waals surface area contributed by atoms with Gasteiger partial charge in [-0.05, 0) is 71.6 Å². The number of phenolic OH excluding ortho intramolecular Hbond substituents is 1. The summed E-state index contributed by atoms with van der Waals surface area (Å²) >= 11 is 3.46. The summed E-state index contributed by atoms with van der Waals surface area (Å²) in [4.78, 5) is 12.2. The molecule has 0 atom stereocenters. The van der Waals surface area contributed by atoms with Crippen molar-refractivity contribution >= 4 is 27.5 Å². The first-order valence-electron chi connectivity index (χ1n) is 6.26. The second kappa shape index (κ2) is 5.67. The highest BCUT2D eigenvalue weighted by Crippen LogP contribution is 2.28. The summed E-state index contributed by atoms with van der Waals surface area (Å²) in [6.45, 7) is 5.74. The second-order valence-electron chi connectivity index (χ2n) is 4.89. The number of carbonyl (C=O) groups excluding carboxylic acids is 1. The number of hydrogen-bond acceptors (Lipinski definition) is 2. The zero-order chi connectivity index (χ0) is 14.9. The first kappa shape index (κ1) is 14.6. The van der Waals surface area contributed by atoms with E-state index in [0.29, 0.717) is 5.56 Å². The molecule has 0 fully saturated rings. The Kier molecular flexibility index (Phi) is 4.14. The SMILES string of the molecule is Cc1cc(C)c(NC(=O)c2ccc(C)c(O)c2)c(Br)c1. The quantitative estimate of drug-likeness (QED) is 0.859. The van der Waals surface area contributed by atoms with E-state index in [1.165, 1.54) is 6.07 Å². The molecule has 0 bridgehead atoms. The predicted octanol–water partition coefficient (Wildman–Crippen LogP) is 4.33. The summed E-state index contributed by atoms with van der Waals surface area (Å²) < 4.78 is 0.847. The molecule has 2 N–H and O–H groups in total. The molecule has 3 nitrogen and oxygen atoms in total. The first-order valence-corrected chi connectivity index (χ1v) is 7.05. The molecule has 2 aromatic rings. The van der Waals surface area contributed by atoms with E-state index in [2.05, 4.69) is 21.2 Å². The maximum absolute atomic E-state index is 12.2. The van der Waals surface area contributed by atoms with E-state index in [0.717, 1.165) is 26.9 Å². The van der Waals surface area contributed by atoms with Gasteiger partial charge < -0.3 is 10.4 Å². The molecule has 1 amide bonds. The molecule has 0 saturated carbocycles. The summed E-state index contributed by atoms with van der Waals surface area (Å²) in [6, 6.07) is 8.85. The van der Waals surface area contributed by atoms with Gasteiger partial charge in [-0.1, -0.05) is 12.1 Å². The van der Waals surface area contributed by atoms with Crippen LogP contribution in [-0.2, 0) is 0 Å². The fourth-order valence-corrected chi connectivity index (χ4v) is 2.78. The van der Waals surface area contributed by atoms with Crippen LogP contribution in [0.1, 0.15) is 27.0 Å². The number of hydrogen-bond donors (Lipinski definition) is 2. The van der Waals surface area contributed by atoms with Crippen molar-refractivity contribution in [2.75, 3.05) is 5.32 Å². The number of halogens is 1. The highest BCUT2D eigenvalue weighted by molar-refractivity contribution is 9.10. The van der Waals surface area contributed by atoms with Gasteiger partial charge in [-0.2, -0.15) is 0 Å². The number of aromatic hydroxyl groups is 1.